The number of amides is 2. The van der Waals surface area contributed by atoms with Crippen molar-refractivity contribution >= 4 is 51.7 Å². The zero-order valence-corrected chi connectivity index (χ0v) is 18.1. The highest BCUT2D eigenvalue weighted by Gasteiger charge is 2.22. The topological polar surface area (TPSA) is 108 Å². The number of carboxylic acids is 1. The Balaban J connectivity index is 1.72. The number of carbonyl (C=O) groups is 3. The first kappa shape index (κ1) is 22.3. The van der Waals surface area contributed by atoms with Crippen molar-refractivity contribution in [3.63, 3.8) is 0 Å². The van der Waals surface area contributed by atoms with Crippen LogP contribution in [0.2, 0.25) is 0 Å². The molecule has 158 valence electrons. The normalized spacial score (nSPS) is 12.1. The molecule has 3 N–H and O–H groups in total. The third-order valence-electron chi connectivity index (χ3n) is 4.06. The van der Waals surface area contributed by atoms with Gasteiger partial charge < -0.3 is 15.7 Å². The second-order valence-electron chi connectivity index (χ2n) is 6.38. The van der Waals surface area contributed by atoms with E-state index in [1.807, 2.05) is 30.3 Å². The van der Waals surface area contributed by atoms with Crippen molar-refractivity contribution in [2.24, 2.45) is 0 Å². The summed E-state index contributed by atoms with van der Waals surface area (Å²) in [5.41, 5.74) is 1.32. The number of rotatable bonds is 8. The maximum atomic E-state index is 12.9. The number of carboxylic acid groups (broad SMARTS) is 1. The molecule has 0 fully saturated rings. The van der Waals surface area contributed by atoms with Gasteiger partial charge in [-0.25, -0.2) is 9.78 Å². The lowest BCUT2D eigenvalue weighted by Crippen LogP contribution is -2.18. The van der Waals surface area contributed by atoms with E-state index in [1.165, 1.54) is 30.0 Å². The molecule has 0 bridgehead atoms. The maximum absolute atomic E-state index is 12.9. The number of hydrogen-bond acceptors (Lipinski definition) is 6. The van der Waals surface area contributed by atoms with Crippen LogP contribution in [0.25, 0.3) is 0 Å². The number of nitrogens with one attached hydrogen (secondary N) is 2. The van der Waals surface area contributed by atoms with E-state index >= 15 is 0 Å². The number of benzene rings is 2. The van der Waals surface area contributed by atoms with Crippen molar-refractivity contribution in [1.82, 2.24) is 4.98 Å². The van der Waals surface area contributed by atoms with Crippen LogP contribution < -0.4 is 10.6 Å². The van der Waals surface area contributed by atoms with Gasteiger partial charge in [0.25, 0.3) is 0 Å². The highest BCUT2D eigenvalue weighted by atomic mass is 32.2. The van der Waals surface area contributed by atoms with Gasteiger partial charge in [0, 0.05) is 33.8 Å². The second-order valence-corrected chi connectivity index (χ2v) is 8.45. The minimum Gasteiger partial charge on any atom is -0.478 e. The average Bonchev–Trinajstić information content (AvgIpc) is 3.26. The molecule has 1 atom stereocenters. The minimum absolute atomic E-state index is 0.0541. The number of nitrogens with zero attached hydrogens (tertiary/aromatic N) is 1. The van der Waals surface area contributed by atoms with Crippen molar-refractivity contribution in [2.45, 2.75) is 17.1 Å². The lowest BCUT2D eigenvalue weighted by atomic mass is 10.1. The number of carbonyl (C=O) groups excluding carboxylic acids is 2. The molecular weight excluding hydrogens is 434 g/mol. The van der Waals surface area contributed by atoms with Gasteiger partial charge >= 0.3 is 5.97 Å². The molecule has 2 aromatic carbocycles. The summed E-state index contributed by atoms with van der Waals surface area (Å²) < 4.78 is 0. The number of hydrogen-bond donors (Lipinski definition) is 3. The van der Waals surface area contributed by atoms with Crippen molar-refractivity contribution < 1.29 is 19.5 Å². The predicted octanol–water partition coefficient (Wildman–Crippen LogP) is 4.58. The summed E-state index contributed by atoms with van der Waals surface area (Å²) in [6.45, 7) is 1.35. The Kier molecular flexibility index (Phi) is 7.58. The molecule has 0 saturated heterocycles. The Morgan fingerprint density at radius 2 is 1.77 bits per heavy atom. The van der Waals surface area contributed by atoms with Crippen LogP contribution in [0.4, 0.5) is 10.8 Å². The molecule has 0 aliphatic carbocycles. The van der Waals surface area contributed by atoms with E-state index in [-0.39, 0.29) is 11.5 Å². The Labute approximate surface area is 187 Å². The number of thioether (sulfide) groups is 1. The Morgan fingerprint density at radius 3 is 2.39 bits per heavy atom. The second kappa shape index (κ2) is 10.6. The molecule has 0 saturated carbocycles. The van der Waals surface area contributed by atoms with Crippen molar-refractivity contribution in [3.05, 3.63) is 83.4 Å². The summed E-state index contributed by atoms with van der Waals surface area (Å²) in [6, 6.07) is 16.4. The lowest BCUT2D eigenvalue weighted by Gasteiger charge is -2.16. The minimum atomic E-state index is -1.15. The first-order valence-corrected chi connectivity index (χ1v) is 10.9. The van der Waals surface area contributed by atoms with E-state index in [2.05, 4.69) is 15.6 Å². The predicted molar refractivity (Wildman–Crippen MR) is 122 cm³/mol. The zero-order valence-electron chi connectivity index (χ0n) is 16.4. The number of thiazole rings is 1. The SMILES string of the molecule is C/C(=C\C(=O)Nc1ccc(S[C@H](C(=O)Nc2nccs2)c2ccccc2)cc1)C(=O)O. The molecule has 1 aromatic heterocycles. The summed E-state index contributed by atoms with van der Waals surface area (Å²) in [5.74, 6) is -1.85. The zero-order chi connectivity index (χ0) is 22.2. The van der Waals surface area contributed by atoms with Crippen LogP contribution in [0, 0.1) is 0 Å². The standard InChI is InChI=1S/C22H19N3O4S2/c1-14(21(28)29)13-18(26)24-16-7-9-17(10-8-16)31-19(15-5-3-2-4-6-15)20(27)25-22-23-11-12-30-22/h2-13,19H,1H3,(H,24,26)(H,28,29)(H,23,25,27)/b14-13+/t19-/m0/s1. The van der Waals surface area contributed by atoms with Gasteiger partial charge in [-0.05, 0) is 36.8 Å². The van der Waals surface area contributed by atoms with Crippen LogP contribution in [-0.4, -0.2) is 27.9 Å². The third kappa shape index (κ3) is 6.53. The first-order chi connectivity index (χ1) is 14.9. The largest absolute Gasteiger partial charge is 0.478 e. The first-order valence-electron chi connectivity index (χ1n) is 9.17. The van der Waals surface area contributed by atoms with Gasteiger partial charge in [0.1, 0.15) is 5.25 Å². The van der Waals surface area contributed by atoms with E-state index in [1.54, 1.807) is 35.8 Å². The van der Waals surface area contributed by atoms with Gasteiger partial charge in [0.05, 0.1) is 0 Å². The van der Waals surface area contributed by atoms with Gasteiger partial charge in [-0.2, -0.15) is 0 Å². The summed E-state index contributed by atoms with van der Waals surface area (Å²) >= 11 is 2.73. The third-order valence-corrected chi connectivity index (χ3v) is 6.02. The summed E-state index contributed by atoms with van der Waals surface area (Å²) in [5, 5.41) is 16.1. The monoisotopic (exact) mass is 453 g/mol. The van der Waals surface area contributed by atoms with Gasteiger partial charge in [-0.1, -0.05) is 30.3 Å². The Hall–Kier alpha value is -3.43. The van der Waals surface area contributed by atoms with Crippen molar-refractivity contribution in [1.29, 1.82) is 0 Å². The fraction of sp³-hybridized carbons (Fsp3) is 0.0909. The van der Waals surface area contributed by atoms with Crippen LogP contribution in [0.1, 0.15) is 17.7 Å². The molecule has 0 radical (unpaired) electrons. The van der Waals surface area contributed by atoms with Crippen LogP contribution in [0.15, 0.2) is 82.7 Å². The molecule has 7 nitrogen and oxygen atoms in total. The molecule has 0 unspecified atom stereocenters. The summed E-state index contributed by atoms with van der Waals surface area (Å²) in [6.07, 6.45) is 2.66. The maximum Gasteiger partial charge on any atom is 0.331 e. The van der Waals surface area contributed by atoms with Crippen molar-refractivity contribution in [3.8, 4) is 0 Å². The van der Waals surface area contributed by atoms with Crippen LogP contribution in [0.3, 0.4) is 0 Å². The molecule has 2 amide bonds. The molecule has 3 aromatic rings. The van der Waals surface area contributed by atoms with Gasteiger partial charge in [0.15, 0.2) is 5.13 Å². The van der Waals surface area contributed by atoms with Crippen LogP contribution in [-0.2, 0) is 14.4 Å². The highest BCUT2D eigenvalue weighted by molar-refractivity contribution is 8.00. The van der Waals surface area contributed by atoms with E-state index in [9.17, 15) is 14.4 Å². The Morgan fingerprint density at radius 1 is 1.06 bits per heavy atom. The quantitative estimate of drug-likeness (QED) is 0.340. The van der Waals surface area contributed by atoms with Gasteiger partial charge in [0.2, 0.25) is 11.8 Å². The van der Waals surface area contributed by atoms with E-state index < -0.39 is 17.1 Å². The molecule has 0 spiro atoms. The lowest BCUT2D eigenvalue weighted by molar-refractivity contribution is -0.132. The van der Waals surface area contributed by atoms with E-state index in [0.29, 0.717) is 10.8 Å². The molecule has 1 heterocycles. The van der Waals surface area contributed by atoms with E-state index in [0.717, 1.165) is 16.5 Å². The fourth-order valence-electron chi connectivity index (χ4n) is 2.55. The molecule has 0 aliphatic heterocycles. The number of aromatic nitrogens is 1. The molecule has 3 rings (SSSR count). The van der Waals surface area contributed by atoms with Crippen LogP contribution in [0.5, 0.6) is 0 Å². The van der Waals surface area contributed by atoms with Gasteiger partial charge in [-0.15, -0.1) is 23.1 Å². The molecule has 0 aliphatic rings. The highest BCUT2D eigenvalue weighted by Crippen LogP contribution is 2.36. The average molecular weight is 454 g/mol. The van der Waals surface area contributed by atoms with Crippen LogP contribution >= 0.6 is 23.1 Å². The number of aliphatic carboxylic acids is 1. The molecule has 31 heavy (non-hydrogen) atoms. The summed E-state index contributed by atoms with van der Waals surface area (Å²) in [7, 11) is 0. The number of anilines is 2. The van der Waals surface area contributed by atoms with Crippen molar-refractivity contribution in [2.75, 3.05) is 10.6 Å². The molecular formula is C22H19N3O4S2. The van der Waals surface area contributed by atoms with E-state index in [4.69, 9.17) is 5.11 Å². The summed E-state index contributed by atoms with van der Waals surface area (Å²) in [4.78, 5) is 40.6. The smallest absolute Gasteiger partial charge is 0.331 e. The molecule has 9 heteroatoms. The fourth-order valence-corrected chi connectivity index (χ4v) is 4.10. The Bertz CT molecular complexity index is 1080. The van der Waals surface area contributed by atoms with Gasteiger partial charge in [-0.3, -0.25) is 9.59 Å².